The van der Waals surface area contributed by atoms with Gasteiger partial charge in [0, 0.05) is 11.0 Å². The Labute approximate surface area is 111 Å². The zero-order valence-corrected chi connectivity index (χ0v) is 12.0. The number of rotatable bonds is 3. The van der Waals surface area contributed by atoms with Gasteiger partial charge in [0.2, 0.25) is 5.91 Å². The summed E-state index contributed by atoms with van der Waals surface area (Å²) >= 11 is 3.37. The molecule has 1 amide bonds. The lowest BCUT2D eigenvalue weighted by Gasteiger charge is -2.25. The molecule has 94 valence electrons. The van der Waals surface area contributed by atoms with Crippen LogP contribution in [0.15, 0.2) is 28.7 Å². The van der Waals surface area contributed by atoms with Crippen LogP contribution < -0.4 is 11.1 Å². The highest BCUT2D eigenvalue weighted by atomic mass is 79.9. The van der Waals surface area contributed by atoms with Gasteiger partial charge in [-0.3, -0.25) is 4.79 Å². The van der Waals surface area contributed by atoms with Crippen molar-refractivity contribution in [2.45, 2.75) is 33.4 Å². The highest BCUT2D eigenvalue weighted by Gasteiger charge is 2.26. The fourth-order valence-electron chi connectivity index (χ4n) is 1.29. The quantitative estimate of drug-likeness (QED) is 0.900. The number of benzene rings is 1. The molecule has 0 aliphatic carbocycles. The van der Waals surface area contributed by atoms with Gasteiger partial charge in [0.1, 0.15) is 0 Å². The number of carbonyl (C=O) groups excluding carboxylic acids is 1. The van der Waals surface area contributed by atoms with Crippen molar-refractivity contribution in [3.63, 3.8) is 0 Å². The summed E-state index contributed by atoms with van der Waals surface area (Å²) in [6.45, 7) is 6.38. The first-order valence-corrected chi connectivity index (χ1v) is 6.38. The van der Waals surface area contributed by atoms with E-state index in [-0.39, 0.29) is 11.3 Å². The van der Waals surface area contributed by atoms with Crippen LogP contribution in [0.1, 0.15) is 26.3 Å². The van der Waals surface area contributed by atoms with E-state index >= 15 is 0 Å². The molecule has 0 radical (unpaired) electrons. The Morgan fingerprint density at radius 3 is 2.35 bits per heavy atom. The maximum absolute atomic E-state index is 11.8. The molecule has 1 atom stereocenters. The van der Waals surface area contributed by atoms with Crippen LogP contribution >= 0.6 is 15.9 Å². The average Bonchev–Trinajstić information content (AvgIpc) is 2.25. The van der Waals surface area contributed by atoms with Crippen molar-refractivity contribution in [3.05, 3.63) is 34.3 Å². The summed E-state index contributed by atoms with van der Waals surface area (Å²) in [6, 6.07) is 7.34. The van der Waals surface area contributed by atoms with Crippen molar-refractivity contribution in [2.75, 3.05) is 0 Å². The van der Waals surface area contributed by atoms with E-state index in [0.29, 0.717) is 6.54 Å². The largest absolute Gasteiger partial charge is 0.351 e. The molecule has 3 N–H and O–H groups in total. The zero-order chi connectivity index (χ0) is 13.1. The average molecular weight is 299 g/mol. The molecule has 1 aromatic rings. The van der Waals surface area contributed by atoms with Gasteiger partial charge in [-0.1, -0.05) is 48.8 Å². The van der Waals surface area contributed by atoms with Gasteiger partial charge >= 0.3 is 0 Å². The highest BCUT2D eigenvalue weighted by Crippen LogP contribution is 2.17. The van der Waals surface area contributed by atoms with Crippen LogP contribution in [-0.4, -0.2) is 11.9 Å². The molecule has 4 heteroatoms. The van der Waals surface area contributed by atoms with E-state index in [4.69, 9.17) is 5.73 Å². The monoisotopic (exact) mass is 298 g/mol. The van der Waals surface area contributed by atoms with Crippen molar-refractivity contribution in [1.82, 2.24) is 5.32 Å². The van der Waals surface area contributed by atoms with Gasteiger partial charge in [0.25, 0.3) is 0 Å². The Morgan fingerprint density at radius 1 is 1.35 bits per heavy atom. The van der Waals surface area contributed by atoms with E-state index in [2.05, 4.69) is 21.2 Å². The first kappa shape index (κ1) is 14.2. The Bertz CT molecular complexity index is 381. The van der Waals surface area contributed by atoms with Crippen LogP contribution in [0.5, 0.6) is 0 Å². The van der Waals surface area contributed by atoms with Crippen LogP contribution in [0.25, 0.3) is 0 Å². The number of carbonyl (C=O) groups is 1. The molecule has 0 saturated heterocycles. The Hall–Kier alpha value is -0.870. The number of nitrogens with two attached hydrogens (primary N) is 1. The summed E-state index contributed by atoms with van der Waals surface area (Å²) < 4.78 is 1.03. The van der Waals surface area contributed by atoms with Gasteiger partial charge in [-0.2, -0.15) is 0 Å². The lowest BCUT2D eigenvalue weighted by atomic mass is 9.87. The fourth-order valence-corrected chi connectivity index (χ4v) is 1.56. The fraction of sp³-hybridized carbons (Fsp3) is 0.462. The van der Waals surface area contributed by atoms with E-state index in [1.807, 2.05) is 45.0 Å². The normalized spacial score (nSPS) is 13.2. The lowest BCUT2D eigenvalue weighted by Crippen LogP contribution is -2.48. The van der Waals surface area contributed by atoms with E-state index < -0.39 is 6.04 Å². The third kappa shape index (κ3) is 4.48. The summed E-state index contributed by atoms with van der Waals surface area (Å²) in [7, 11) is 0. The van der Waals surface area contributed by atoms with Crippen LogP contribution in [0.4, 0.5) is 0 Å². The molecule has 1 aromatic carbocycles. The van der Waals surface area contributed by atoms with Crippen LogP contribution in [0.2, 0.25) is 0 Å². The number of hydrogen-bond acceptors (Lipinski definition) is 2. The van der Waals surface area contributed by atoms with E-state index in [0.717, 1.165) is 10.0 Å². The summed E-state index contributed by atoms with van der Waals surface area (Å²) in [5, 5.41) is 2.85. The van der Waals surface area contributed by atoms with Gasteiger partial charge in [-0.15, -0.1) is 0 Å². The molecule has 0 spiro atoms. The first-order valence-electron chi connectivity index (χ1n) is 5.58. The minimum atomic E-state index is -0.488. The van der Waals surface area contributed by atoms with Gasteiger partial charge in [0.15, 0.2) is 0 Å². The molecule has 0 bridgehead atoms. The molecule has 1 unspecified atom stereocenters. The molecule has 0 saturated carbocycles. The second-order valence-electron chi connectivity index (χ2n) is 5.19. The topological polar surface area (TPSA) is 55.1 Å². The number of hydrogen-bond donors (Lipinski definition) is 2. The Balaban J connectivity index is 2.51. The minimum Gasteiger partial charge on any atom is -0.351 e. The first-order chi connectivity index (χ1) is 7.80. The van der Waals surface area contributed by atoms with Gasteiger partial charge in [-0.05, 0) is 23.1 Å². The molecule has 3 nitrogen and oxygen atoms in total. The predicted molar refractivity (Wildman–Crippen MR) is 73.4 cm³/mol. The number of nitrogens with one attached hydrogen (secondary N) is 1. The molecular weight excluding hydrogens is 280 g/mol. The van der Waals surface area contributed by atoms with Gasteiger partial charge in [-0.25, -0.2) is 0 Å². The Morgan fingerprint density at radius 2 is 1.88 bits per heavy atom. The van der Waals surface area contributed by atoms with E-state index in [9.17, 15) is 4.79 Å². The summed E-state index contributed by atoms with van der Waals surface area (Å²) in [5.74, 6) is -0.111. The minimum absolute atomic E-state index is 0.111. The van der Waals surface area contributed by atoms with E-state index in [1.54, 1.807) is 0 Å². The third-order valence-corrected chi connectivity index (χ3v) is 3.12. The maximum atomic E-state index is 11.8. The molecular formula is C13H19BrN2O. The zero-order valence-electron chi connectivity index (χ0n) is 10.5. The van der Waals surface area contributed by atoms with Crippen LogP contribution in [-0.2, 0) is 11.3 Å². The van der Waals surface area contributed by atoms with Crippen LogP contribution in [0.3, 0.4) is 0 Å². The summed E-state index contributed by atoms with van der Waals surface area (Å²) in [5.41, 5.74) is 6.70. The molecule has 0 aliphatic heterocycles. The number of amides is 1. The molecule has 1 rings (SSSR count). The van der Waals surface area contributed by atoms with Crippen molar-refractivity contribution in [1.29, 1.82) is 0 Å². The maximum Gasteiger partial charge on any atom is 0.237 e. The highest BCUT2D eigenvalue weighted by molar-refractivity contribution is 9.10. The lowest BCUT2D eigenvalue weighted by molar-refractivity contribution is -0.124. The summed E-state index contributed by atoms with van der Waals surface area (Å²) in [4.78, 5) is 11.8. The molecule has 0 aliphatic rings. The van der Waals surface area contributed by atoms with Crippen molar-refractivity contribution >= 4 is 21.8 Å². The molecule has 0 aromatic heterocycles. The number of halogens is 1. The van der Waals surface area contributed by atoms with E-state index in [1.165, 1.54) is 0 Å². The van der Waals surface area contributed by atoms with Crippen molar-refractivity contribution in [2.24, 2.45) is 11.1 Å². The molecule has 0 heterocycles. The van der Waals surface area contributed by atoms with Crippen molar-refractivity contribution in [3.8, 4) is 0 Å². The SMILES string of the molecule is CC(C)(C)C(N)C(=O)NCc1ccc(Br)cc1. The second kappa shape index (κ2) is 5.65. The standard InChI is InChI=1S/C13H19BrN2O/c1-13(2,3)11(15)12(17)16-8-9-4-6-10(14)7-5-9/h4-7,11H,8,15H2,1-3H3,(H,16,17). The molecule has 0 fully saturated rings. The van der Waals surface area contributed by atoms with Gasteiger partial charge in [0.05, 0.1) is 6.04 Å². The summed E-state index contributed by atoms with van der Waals surface area (Å²) in [6.07, 6.45) is 0. The van der Waals surface area contributed by atoms with Gasteiger partial charge < -0.3 is 11.1 Å². The van der Waals surface area contributed by atoms with Crippen LogP contribution in [0, 0.1) is 5.41 Å². The molecule has 17 heavy (non-hydrogen) atoms. The smallest absolute Gasteiger partial charge is 0.237 e. The third-order valence-electron chi connectivity index (χ3n) is 2.60. The second-order valence-corrected chi connectivity index (χ2v) is 6.10. The Kier molecular flexibility index (Phi) is 4.71. The predicted octanol–water partition coefficient (Wildman–Crippen LogP) is 2.44. The van der Waals surface area contributed by atoms with Crippen molar-refractivity contribution < 1.29 is 4.79 Å².